The van der Waals surface area contributed by atoms with Gasteiger partial charge in [-0.15, -0.1) is 0 Å². The number of nitrogens with zero attached hydrogens (tertiary/aromatic N) is 2. The molecule has 2 N–H and O–H groups in total. The first-order valence-corrected chi connectivity index (χ1v) is 8.54. The Morgan fingerprint density at radius 3 is 2.35 bits per heavy atom. The minimum atomic E-state index is 0.254. The average Bonchev–Trinajstić information content (AvgIpc) is 2.38. The molecule has 0 aromatic rings. The predicted molar refractivity (Wildman–Crippen MR) is 86.9 cm³/mol. The fourth-order valence-electron chi connectivity index (χ4n) is 4.69. The summed E-state index contributed by atoms with van der Waals surface area (Å²) in [6.07, 6.45) is 3.90. The molecule has 0 aromatic heterocycles. The molecule has 0 radical (unpaired) electrons. The van der Waals surface area contributed by atoms with E-state index in [9.17, 15) is 0 Å². The van der Waals surface area contributed by atoms with Crippen molar-refractivity contribution in [3.8, 4) is 0 Å². The van der Waals surface area contributed by atoms with Gasteiger partial charge in [-0.1, -0.05) is 27.7 Å². The summed E-state index contributed by atoms with van der Waals surface area (Å²) in [5.41, 5.74) is 7.05. The van der Waals surface area contributed by atoms with Gasteiger partial charge >= 0.3 is 0 Å². The molecule has 1 aliphatic carbocycles. The van der Waals surface area contributed by atoms with Crippen molar-refractivity contribution in [2.45, 2.75) is 65.5 Å². The van der Waals surface area contributed by atoms with E-state index in [0.717, 1.165) is 6.54 Å². The highest BCUT2D eigenvalue weighted by Crippen LogP contribution is 2.46. The van der Waals surface area contributed by atoms with Gasteiger partial charge in [0.25, 0.3) is 0 Å². The zero-order valence-electron chi connectivity index (χ0n) is 14.3. The van der Waals surface area contributed by atoms with Crippen LogP contribution < -0.4 is 5.73 Å². The topological polar surface area (TPSA) is 32.5 Å². The number of hydrogen-bond donors (Lipinski definition) is 1. The molecule has 1 saturated carbocycles. The first-order chi connectivity index (χ1) is 9.34. The predicted octanol–water partition coefficient (Wildman–Crippen LogP) is 2.56. The van der Waals surface area contributed by atoms with Crippen molar-refractivity contribution in [3.05, 3.63) is 0 Å². The highest BCUT2D eigenvalue weighted by molar-refractivity contribution is 5.03. The fourth-order valence-corrected chi connectivity index (χ4v) is 4.69. The van der Waals surface area contributed by atoms with Crippen LogP contribution in [-0.4, -0.2) is 54.1 Å². The number of hydrogen-bond acceptors (Lipinski definition) is 3. The summed E-state index contributed by atoms with van der Waals surface area (Å²) in [6.45, 7) is 17.5. The second-order valence-corrected chi connectivity index (χ2v) is 8.00. The van der Waals surface area contributed by atoms with Crippen LogP contribution in [0.2, 0.25) is 0 Å². The molecular weight excluding hydrogens is 246 g/mol. The van der Waals surface area contributed by atoms with Gasteiger partial charge in [-0.25, -0.2) is 0 Å². The molecular formula is C17H35N3. The van der Waals surface area contributed by atoms with Crippen molar-refractivity contribution in [1.29, 1.82) is 0 Å². The zero-order chi connectivity index (χ0) is 15.0. The lowest BCUT2D eigenvalue weighted by molar-refractivity contribution is -0.0576. The van der Waals surface area contributed by atoms with Crippen molar-refractivity contribution in [3.63, 3.8) is 0 Å². The summed E-state index contributed by atoms with van der Waals surface area (Å²) in [7, 11) is 0. The van der Waals surface area contributed by atoms with Crippen LogP contribution >= 0.6 is 0 Å². The minimum absolute atomic E-state index is 0.254. The van der Waals surface area contributed by atoms with E-state index in [2.05, 4.69) is 44.4 Å². The molecule has 3 nitrogen and oxygen atoms in total. The summed E-state index contributed by atoms with van der Waals surface area (Å²) in [6, 6.07) is 0.666. The molecule has 0 spiro atoms. The smallest absolute Gasteiger partial charge is 0.0358 e. The second kappa shape index (κ2) is 5.94. The normalized spacial score (nSPS) is 39.9. The molecule has 0 amide bonds. The highest BCUT2D eigenvalue weighted by Gasteiger charge is 2.47. The van der Waals surface area contributed by atoms with Gasteiger partial charge in [0.2, 0.25) is 0 Å². The Morgan fingerprint density at radius 2 is 1.85 bits per heavy atom. The third-order valence-electron chi connectivity index (χ3n) is 6.17. The lowest BCUT2D eigenvalue weighted by atomic mass is 9.63. The van der Waals surface area contributed by atoms with Crippen LogP contribution in [0.3, 0.4) is 0 Å². The highest BCUT2D eigenvalue weighted by atomic mass is 15.3. The standard InChI is InChI=1S/C17H35N3/c1-6-19-9-10-20(12-15(19)3)17(13-18)8-7-16(4,5)11-14(17)2/h14-15H,6-13,18H2,1-5H3. The van der Waals surface area contributed by atoms with Gasteiger partial charge in [0.1, 0.15) is 0 Å². The van der Waals surface area contributed by atoms with E-state index < -0.39 is 0 Å². The summed E-state index contributed by atoms with van der Waals surface area (Å²) >= 11 is 0. The van der Waals surface area contributed by atoms with Crippen molar-refractivity contribution in [2.75, 3.05) is 32.7 Å². The molecule has 1 saturated heterocycles. The maximum Gasteiger partial charge on any atom is 0.0358 e. The molecule has 3 unspecified atom stereocenters. The van der Waals surface area contributed by atoms with Crippen LogP contribution in [0, 0.1) is 11.3 Å². The summed E-state index contributed by atoms with van der Waals surface area (Å²) in [5, 5.41) is 0. The van der Waals surface area contributed by atoms with Gasteiger partial charge in [0.05, 0.1) is 0 Å². The Labute approximate surface area is 125 Å². The van der Waals surface area contributed by atoms with E-state index >= 15 is 0 Å². The molecule has 0 aromatic carbocycles. The summed E-state index contributed by atoms with van der Waals surface area (Å²) in [5.74, 6) is 0.705. The molecule has 1 heterocycles. The van der Waals surface area contributed by atoms with Gasteiger partial charge in [-0.3, -0.25) is 9.80 Å². The molecule has 2 rings (SSSR count). The van der Waals surface area contributed by atoms with Crippen LogP contribution in [0.15, 0.2) is 0 Å². The number of nitrogens with two attached hydrogens (primary N) is 1. The second-order valence-electron chi connectivity index (χ2n) is 8.00. The third-order valence-corrected chi connectivity index (χ3v) is 6.17. The molecule has 1 aliphatic heterocycles. The SMILES string of the molecule is CCN1CCN(C2(CN)CCC(C)(C)CC2C)CC1C. The van der Waals surface area contributed by atoms with Gasteiger partial charge in [-0.05, 0) is 44.1 Å². The summed E-state index contributed by atoms with van der Waals surface area (Å²) in [4.78, 5) is 5.34. The van der Waals surface area contributed by atoms with E-state index in [1.807, 2.05) is 0 Å². The molecule has 20 heavy (non-hydrogen) atoms. The Balaban J connectivity index is 2.12. The molecule has 3 atom stereocenters. The zero-order valence-corrected chi connectivity index (χ0v) is 14.3. The lowest BCUT2D eigenvalue weighted by Crippen LogP contribution is -2.66. The fraction of sp³-hybridized carbons (Fsp3) is 1.00. The van der Waals surface area contributed by atoms with Gasteiger partial charge in [0.15, 0.2) is 0 Å². The van der Waals surface area contributed by atoms with Crippen LogP contribution in [0.4, 0.5) is 0 Å². The maximum absolute atomic E-state index is 6.31. The van der Waals surface area contributed by atoms with Gasteiger partial charge < -0.3 is 5.73 Å². The molecule has 3 heteroatoms. The quantitative estimate of drug-likeness (QED) is 0.863. The van der Waals surface area contributed by atoms with E-state index in [4.69, 9.17) is 5.73 Å². The minimum Gasteiger partial charge on any atom is -0.329 e. The molecule has 118 valence electrons. The maximum atomic E-state index is 6.31. The van der Waals surface area contributed by atoms with Crippen molar-refractivity contribution < 1.29 is 0 Å². The van der Waals surface area contributed by atoms with E-state index in [0.29, 0.717) is 17.4 Å². The van der Waals surface area contributed by atoms with E-state index in [1.54, 1.807) is 0 Å². The van der Waals surface area contributed by atoms with Gasteiger partial charge in [-0.2, -0.15) is 0 Å². The monoisotopic (exact) mass is 281 g/mol. The molecule has 2 fully saturated rings. The third kappa shape index (κ3) is 2.90. The number of piperazine rings is 1. The van der Waals surface area contributed by atoms with Crippen LogP contribution in [0.5, 0.6) is 0 Å². The van der Waals surface area contributed by atoms with Crippen LogP contribution in [0.1, 0.15) is 53.9 Å². The van der Waals surface area contributed by atoms with Crippen molar-refractivity contribution in [1.82, 2.24) is 9.80 Å². The average molecular weight is 281 g/mol. The largest absolute Gasteiger partial charge is 0.329 e. The Hall–Kier alpha value is -0.120. The van der Waals surface area contributed by atoms with Crippen molar-refractivity contribution in [2.24, 2.45) is 17.1 Å². The molecule has 0 bridgehead atoms. The Bertz CT molecular complexity index is 328. The first kappa shape index (κ1) is 16.3. The van der Waals surface area contributed by atoms with E-state index in [1.165, 1.54) is 45.4 Å². The Kier molecular flexibility index (Phi) is 4.83. The van der Waals surface area contributed by atoms with Gasteiger partial charge in [0, 0.05) is 37.8 Å². The van der Waals surface area contributed by atoms with E-state index in [-0.39, 0.29) is 5.54 Å². The number of likely N-dealkylation sites (N-methyl/N-ethyl adjacent to an activating group) is 1. The Morgan fingerprint density at radius 1 is 1.15 bits per heavy atom. The van der Waals surface area contributed by atoms with Crippen LogP contribution in [0.25, 0.3) is 0 Å². The van der Waals surface area contributed by atoms with Crippen molar-refractivity contribution >= 4 is 0 Å². The molecule has 2 aliphatic rings. The lowest BCUT2D eigenvalue weighted by Gasteiger charge is -2.56. The first-order valence-electron chi connectivity index (χ1n) is 8.54. The number of rotatable bonds is 3. The summed E-state index contributed by atoms with van der Waals surface area (Å²) < 4.78 is 0. The van der Waals surface area contributed by atoms with Crippen LogP contribution in [-0.2, 0) is 0 Å².